The smallest absolute Gasteiger partial charge is 0.325 e. The summed E-state index contributed by atoms with van der Waals surface area (Å²) in [6.07, 6.45) is 0. The number of amides is 2. The van der Waals surface area contributed by atoms with Crippen molar-refractivity contribution in [1.29, 1.82) is 0 Å². The fourth-order valence-corrected chi connectivity index (χ4v) is 3.75. The van der Waals surface area contributed by atoms with Crippen molar-refractivity contribution in [3.05, 3.63) is 59.9 Å². The second kappa shape index (κ2) is 8.63. The number of methoxy groups -OCH3 is 1. The van der Waals surface area contributed by atoms with Crippen LogP contribution in [0.2, 0.25) is 0 Å². The zero-order valence-electron chi connectivity index (χ0n) is 13.7. The summed E-state index contributed by atoms with van der Waals surface area (Å²) < 4.78 is 18.8. The highest BCUT2D eigenvalue weighted by atomic mass is 32.2. The lowest BCUT2D eigenvalue weighted by atomic mass is 10.2. The molecule has 0 bridgehead atoms. The highest BCUT2D eigenvalue weighted by molar-refractivity contribution is 8.00. The first kappa shape index (κ1) is 18.2. The van der Waals surface area contributed by atoms with Crippen LogP contribution in [-0.2, 0) is 5.75 Å². The molecule has 9 heteroatoms. The van der Waals surface area contributed by atoms with Gasteiger partial charge in [0.15, 0.2) is 4.34 Å². The Balaban J connectivity index is 1.54. The summed E-state index contributed by atoms with van der Waals surface area (Å²) >= 11 is 2.74. The van der Waals surface area contributed by atoms with Crippen LogP contribution in [0.5, 0.6) is 5.75 Å². The maximum Gasteiger partial charge on any atom is 0.325 e. The van der Waals surface area contributed by atoms with Crippen LogP contribution < -0.4 is 15.4 Å². The molecule has 2 N–H and O–H groups in total. The monoisotopic (exact) mass is 390 g/mol. The Morgan fingerprint density at radius 2 is 1.92 bits per heavy atom. The van der Waals surface area contributed by atoms with Crippen LogP contribution in [0.15, 0.2) is 52.9 Å². The molecule has 3 rings (SSSR count). The molecule has 0 spiro atoms. The molecule has 134 valence electrons. The highest BCUT2D eigenvalue weighted by Crippen LogP contribution is 2.29. The number of hydrogen-bond donors (Lipinski definition) is 2. The second-order valence-electron chi connectivity index (χ2n) is 5.07. The SMILES string of the molecule is COc1ccccc1NC(=O)Nc1nnc(SCc2ccc(F)cc2)s1. The van der Waals surface area contributed by atoms with Gasteiger partial charge in [-0.1, -0.05) is 47.4 Å². The normalized spacial score (nSPS) is 10.4. The molecule has 1 aromatic heterocycles. The molecule has 0 fully saturated rings. The van der Waals surface area contributed by atoms with Crippen molar-refractivity contribution < 1.29 is 13.9 Å². The number of thioether (sulfide) groups is 1. The molecule has 6 nitrogen and oxygen atoms in total. The van der Waals surface area contributed by atoms with E-state index in [-0.39, 0.29) is 5.82 Å². The summed E-state index contributed by atoms with van der Waals surface area (Å²) in [5.41, 5.74) is 1.54. The van der Waals surface area contributed by atoms with Gasteiger partial charge in [0.1, 0.15) is 11.6 Å². The van der Waals surface area contributed by atoms with Crippen LogP contribution in [0.3, 0.4) is 0 Å². The summed E-state index contributed by atoms with van der Waals surface area (Å²) in [7, 11) is 1.54. The zero-order valence-corrected chi connectivity index (χ0v) is 15.4. The van der Waals surface area contributed by atoms with E-state index in [1.54, 1.807) is 30.3 Å². The first-order chi connectivity index (χ1) is 12.6. The number of halogens is 1. The number of urea groups is 1. The Labute approximate surface area is 157 Å². The lowest BCUT2D eigenvalue weighted by Gasteiger charge is -2.09. The van der Waals surface area contributed by atoms with E-state index in [1.807, 2.05) is 6.07 Å². The predicted octanol–water partition coefficient (Wildman–Crippen LogP) is 4.62. The maximum atomic E-state index is 12.9. The van der Waals surface area contributed by atoms with Gasteiger partial charge in [0.25, 0.3) is 0 Å². The first-order valence-corrected chi connectivity index (χ1v) is 9.36. The third kappa shape index (κ3) is 4.93. The van der Waals surface area contributed by atoms with Gasteiger partial charge in [-0.2, -0.15) is 0 Å². The molecule has 2 aromatic carbocycles. The summed E-state index contributed by atoms with van der Waals surface area (Å²) in [6.45, 7) is 0. The number of carbonyl (C=O) groups is 1. The number of aromatic nitrogens is 2. The summed E-state index contributed by atoms with van der Waals surface area (Å²) in [6, 6.07) is 13.0. The molecule has 0 saturated carbocycles. The van der Waals surface area contributed by atoms with Gasteiger partial charge in [0, 0.05) is 5.75 Å². The average molecular weight is 390 g/mol. The van der Waals surface area contributed by atoms with Gasteiger partial charge >= 0.3 is 6.03 Å². The van der Waals surface area contributed by atoms with E-state index in [2.05, 4.69) is 20.8 Å². The van der Waals surface area contributed by atoms with Crippen molar-refractivity contribution >= 4 is 39.9 Å². The predicted molar refractivity (Wildman–Crippen MR) is 102 cm³/mol. The Morgan fingerprint density at radius 1 is 1.15 bits per heavy atom. The largest absolute Gasteiger partial charge is 0.495 e. The van der Waals surface area contributed by atoms with E-state index in [1.165, 1.54) is 42.3 Å². The number of para-hydroxylation sites is 2. The van der Waals surface area contributed by atoms with Crippen LogP contribution in [0.1, 0.15) is 5.56 Å². The van der Waals surface area contributed by atoms with Crippen LogP contribution in [0, 0.1) is 5.82 Å². The minimum absolute atomic E-state index is 0.262. The molecule has 0 saturated heterocycles. The Kier molecular flexibility index (Phi) is 6.03. The van der Waals surface area contributed by atoms with E-state index in [4.69, 9.17) is 4.74 Å². The number of anilines is 2. The van der Waals surface area contributed by atoms with E-state index in [9.17, 15) is 9.18 Å². The molecule has 0 aliphatic rings. The summed E-state index contributed by atoms with van der Waals surface area (Å²) in [5, 5.41) is 13.7. The molecule has 0 aliphatic heterocycles. The average Bonchev–Trinajstić information content (AvgIpc) is 3.09. The van der Waals surface area contributed by atoms with Crippen molar-refractivity contribution in [2.75, 3.05) is 17.7 Å². The highest BCUT2D eigenvalue weighted by Gasteiger charge is 2.11. The molecule has 26 heavy (non-hydrogen) atoms. The topological polar surface area (TPSA) is 76.1 Å². The van der Waals surface area contributed by atoms with E-state index in [0.29, 0.717) is 26.7 Å². The van der Waals surface area contributed by atoms with Crippen LogP contribution >= 0.6 is 23.1 Å². The number of nitrogens with zero attached hydrogens (tertiary/aromatic N) is 2. The van der Waals surface area contributed by atoms with Gasteiger partial charge in [-0.15, -0.1) is 10.2 Å². The van der Waals surface area contributed by atoms with Crippen molar-refractivity contribution in [3.8, 4) is 5.75 Å². The molecule has 0 unspecified atom stereocenters. The lowest BCUT2D eigenvalue weighted by molar-refractivity contribution is 0.262. The Bertz CT molecular complexity index is 886. The van der Waals surface area contributed by atoms with Crippen LogP contribution in [0.4, 0.5) is 20.0 Å². The summed E-state index contributed by atoms with van der Waals surface area (Å²) in [5.74, 6) is 0.945. The minimum atomic E-state index is -0.430. The van der Waals surface area contributed by atoms with Crippen molar-refractivity contribution in [2.24, 2.45) is 0 Å². The van der Waals surface area contributed by atoms with Crippen LogP contribution in [0.25, 0.3) is 0 Å². The van der Waals surface area contributed by atoms with E-state index in [0.717, 1.165) is 5.56 Å². The number of rotatable bonds is 6. The number of carbonyl (C=O) groups excluding carboxylic acids is 1. The third-order valence-corrected chi connectivity index (χ3v) is 5.30. The first-order valence-electron chi connectivity index (χ1n) is 7.56. The van der Waals surface area contributed by atoms with Crippen molar-refractivity contribution in [2.45, 2.75) is 10.1 Å². The van der Waals surface area contributed by atoms with Crippen molar-refractivity contribution in [1.82, 2.24) is 10.2 Å². The molecule has 0 radical (unpaired) electrons. The zero-order chi connectivity index (χ0) is 18.4. The van der Waals surface area contributed by atoms with Crippen LogP contribution in [-0.4, -0.2) is 23.3 Å². The lowest BCUT2D eigenvalue weighted by Crippen LogP contribution is -2.19. The Morgan fingerprint density at radius 3 is 2.69 bits per heavy atom. The van der Waals surface area contributed by atoms with Gasteiger partial charge in [-0.25, -0.2) is 9.18 Å². The molecule has 0 aliphatic carbocycles. The molecular formula is C17H15FN4O2S2. The number of benzene rings is 2. The number of ether oxygens (including phenoxy) is 1. The molecule has 2 amide bonds. The van der Waals surface area contributed by atoms with Gasteiger partial charge in [-0.05, 0) is 29.8 Å². The molecule has 1 heterocycles. The van der Waals surface area contributed by atoms with Gasteiger partial charge in [0.2, 0.25) is 5.13 Å². The number of nitrogens with one attached hydrogen (secondary N) is 2. The molecular weight excluding hydrogens is 375 g/mol. The fourth-order valence-electron chi connectivity index (χ4n) is 2.04. The third-order valence-electron chi connectivity index (χ3n) is 3.26. The van der Waals surface area contributed by atoms with Gasteiger partial charge in [0.05, 0.1) is 12.8 Å². The fraction of sp³-hybridized carbons (Fsp3) is 0.118. The number of hydrogen-bond acceptors (Lipinski definition) is 6. The minimum Gasteiger partial charge on any atom is -0.495 e. The summed E-state index contributed by atoms with van der Waals surface area (Å²) in [4.78, 5) is 12.1. The van der Waals surface area contributed by atoms with E-state index >= 15 is 0 Å². The quantitative estimate of drug-likeness (QED) is 0.474. The van der Waals surface area contributed by atoms with Gasteiger partial charge < -0.3 is 10.1 Å². The molecule has 0 atom stereocenters. The van der Waals surface area contributed by atoms with Gasteiger partial charge in [-0.3, -0.25) is 5.32 Å². The molecule has 3 aromatic rings. The van der Waals surface area contributed by atoms with Crippen molar-refractivity contribution in [3.63, 3.8) is 0 Å². The maximum absolute atomic E-state index is 12.9. The van der Waals surface area contributed by atoms with E-state index < -0.39 is 6.03 Å². The Hall–Kier alpha value is -2.65. The second-order valence-corrected chi connectivity index (χ2v) is 7.27. The standard InChI is InChI=1S/C17H15FN4O2S2/c1-24-14-5-3-2-4-13(14)19-15(23)20-16-21-22-17(26-16)25-10-11-6-8-12(18)9-7-11/h2-9H,10H2,1H3,(H2,19,20,21,23).